The van der Waals surface area contributed by atoms with Crippen molar-refractivity contribution < 1.29 is 4.74 Å². The van der Waals surface area contributed by atoms with E-state index in [4.69, 9.17) is 10.00 Å². The lowest BCUT2D eigenvalue weighted by Gasteiger charge is -2.24. The van der Waals surface area contributed by atoms with Crippen LogP contribution in [0.4, 0.5) is 5.69 Å². The van der Waals surface area contributed by atoms with Crippen LogP contribution in [0, 0.1) is 18.3 Å². The highest BCUT2D eigenvalue weighted by Gasteiger charge is 2.29. The molecule has 0 heterocycles. The molecule has 0 unspecified atom stereocenters. The number of methoxy groups -OCH3 is 1. The monoisotopic (exact) mass is 230 g/mol. The Morgan fingerprint density at radius 3 is 2.76 bits per heavy atom. The van der Waals surface area contributed by atoms with Crippen LogP contribution in [0.15, 0.2) is 18.2 Å². The Labute approximate surface area is 103 Å². The fraction of sp³-hybridized carbons (Fsp3) is 0.500. The standard InChI is InChI=1S/C14H18N2O/c1-11-9-14(4-3-12(11)10-15)16(7-8-17-2)13-5-6-13/h3-4,9,13H,5-8H2,1-2H3. The van der Waals surface area contributed by atoms with Gasteiger partial charge in [-0.25, -0.2) is 0 Å². The normalized spacial score (nSPS) is 14.4. The van der Waals surface area contributed by atoms with Gasteiger partial charge in [-0.2, -0.15) is 5.26 Å². The van der Waals surface area contributed by atoms with E-state index in [1.54, 1.807) is 7.11 Å². The molecule has 1 aromatic rings. The number of benzene rings is 1. The Bertz CT molecular complexity index is 432. The molecule has 1 aromatic carbocycles. The molecule has 1 aliphatic carbocycles. The summed E-state index contributed by atoms with van der Waals surface area (Å²) in [5.41, 5.74) is 3.02. The smallest absolute Gasteiger partial charge is 0.0994 e. The highest BCUT2D eigenvalue weighted by atomic mass is 16.5. The maximum Gasteiger partial charge on any atom is 0.0994 e. The van der Waals surface area contributed by atoms with Crippen LogP contribution in [0.3, 0.4) is 0 Å². The van der Waals surface area contributed by atoms with Crippen molar-refractivity contribution in [3.63, 3.8) is 0 Å². The number of nitrogens with zero attached hydrogens (tertiary/aromatic N) is 2. The Kier molecular flexibility index (Phi) is 3.65. The quantitative estimate of drug-likeness (QED) is 0.779. The first-order chi connectivity index (χ1) is 8.26. The van der Waals surface area contributed by atoms with E-state index in [9.17, 15) is 0 Å². The zero-order valence-corrected chi connectivity index (χ0v) is 10.4. The summed E-state index contributed by atoms with van der Waals surface area (Å²) >= 11 is 0. The third kappa shape index (κ3) is 2.78. The number of nitriles is 1. The highest BCUT2D eigenvalue weighted by Crippen LogP contribution is 2.32. The molecule has 0 atom stereocenters. The van der Waals surface area contributed by atoms with Crippen molar-refractivity contribution in [1.82, 2.24) is 0 Å². The molecule has 0 aliphatic heterocycles. The lowest BCUT2D eigenvalue weighted by molar-refractivity contribution is 0.205. The molecule has 0 saturated heterocycles. The van der Waals surface area contributed by atoms with E-state index in [2.05, 4.69) is 17.0 Å². The molecule has 0 spiro atoms. The zero-order valence-electron chi connectivity index (χ0n) is 10.4. The molecule has 3 nitrogen and oxygen atoms in total. The lowest BCUT2D eigenvalue weighted by Crippen LogP contribution is -2.29. The molecule has 0 bridgehead atoms. The Morgan fingerprint density at radius 1 is 1.47 bits per heavy atom. The molecular weight excluding hydrogens is 212 g/mol. The number of hydrogen-bond acceptors (Lipinski definition) is 3. The van der Waals surface area contributed by atoms with Gasteiger partial charge in [0.2, 0.25) is 0 Å². The topological polar surface area (TPSA) is 36.3 Å². The first-order valence-corrected chi connectivity index (χ1v) is 6.02. The number of anilines is 1. The van der Waals surface area contributed by atoms with E-state index in [1.807, 2.05) is 19.1 Å². The van der Waals surface area contributed by atoms with E-state index in [-0.39, 0.29) is 0 Å². The summed E-state index contributed by atoms with van der Waals surface area (Å²) in [5, 5.41) is 8.93. The third-order valence-corrected chi connectivity index (χ3v) is 3.19. The van der Waals surface area contributed by atoms with E-state index in [0.717, 1.165) is 24.3 Å². The van der Waals surface area contributed by atoms with E-state index in [1.165, 1.54) is 18.5 Å². The molecule has 2 rings (SSSR count). The minimum Gasteiger partial charge on any atom is -0.383 e. The first-order valence-electron chi connectivity index (χ1n) is 6.02. The van der Waals surface area contributed by atoms with Crippen LogP contribution in [0.2, 0.25) is 0 Å². The van der Waals surface area contributed by atoms with Gasteiger partial charge in [0.15, 0.2) is 0 Å². The Morgan fingerprint density at radius 2 is 2.24 bits per heavy atom. The molecule has 90 valence electrons. The molecule has 1 aliphatic rings. The number of rotatable bonds is 5. The zero-order chi connectivity index (χ0) is 12.3. The van der Waals surface area contributed by atoms with Crippen LogP contribution >= 0.6 is 0 Å². The van der Waals surface area contributed by atoms with Crippen molar-refractivity contribution in [3.8, 4) is 6.07 Å². The largest absolute Gasteiger partial charge is 0.383 e. The number of hydrogen-bond donors (Lipinski definition) is 0. The summed E-state index contributed by atoms with van der Waals surface area (Å²) in [4.78, 5) is 2.39. The van der Waals surface area contributed by atoms with Gasteiger partial charge in [0.25, 0.3) is 0 Å². The van der Waals surface area contributed by atoms with Crippen LogP contribution in [0.5, 0.6) is 0 Å². The summed E-state index contributed by atoms with van der Waals surface area (Å²) in [5.74, 6) is 0. The Hall–Kier alpha value is -1.53. The third-order valence-electron chi connectivity index (χ3n) is 3.19. The molecule has 0 N–H and O–H groups in total. The minimum absolute atomic E-state index is 0.664. The van der Waals surface area contributed by atoms with Gasteiger partial charge < -0.3 is 9.64 Å². The Balaban J connectivity index is 2.18. The summed E-state index contributed by atoms with van der Waals surface area (Å²) in [6, 6.07) is 8.93. The van der Waals surface area contributed by atoms with Gasteiger partial charge in [0.1, 0.15) is 0 Å². The molecule has 1 fully saturated rings. The maximum atomic E-state index is 8.93. The van der Waals surface area contributed by atoms with Gasteiger partial charge in [-0.15, -0.1) is 0 Å². The summed E-state index contributed by atoms with van der Waals surface area (Å²) in [6.07, 6.45) is 2.53. The summed E-state index contributed by atoms with van der Waals surface area (Å²) in [6.45, 7) is 3.66. The fourth-order valence-electron chi connectivity index (χ4n) is 2.05. The van der Waals surface area contributed by atoms with Crippen molar-refractivity contribution in [2.45, 2.75) is 25.8 Å². The first kappa shape index (κ1) is 11.9. The second kappa shape index (κ2) is 5.20. The van der Waals surface area contributed by atoms with Gasteiger partial charge in [0, 0.05) is 25.4 Å². The number of aryl methyl sites for hydroxylation is 1. The van der Waals surface area contributed by atoms with Crippen molar-refractivity contribution in [2.24, 2.45) is 0 Å². The molecular formula is C14H18N2O. The molecule has 17 heavy (non-hydrogen) atoms. The van der Waals surface area contributed by atoms with E-state index in [0.29, 0.717) is 6.04 Å². The van der Waals surface area contributed by atoms with Gasteiger partial charge >= 0.3 is 0 Å². The summed E-state index contributed by atoms with van der Waals surface area (Å²) in [7, 11) is 1.73. The van der Waals surface area contributed by atoms with Crippen LogP contribution in [-0.4, -0.2) is 26.3 Å². The molecule has 1 saturated carbocycles. The van der Waals surface area contributed by atoms with Gasteiger partial charge in [-0.05, 0) is 43.5 Å². The van der Waals surface area contributed by atoms with Crippen molar-refractivity contribution >= 4 is 5.69 Å². The van der Waals surface area contributed by atoms with Gasteiger partial charge in [0.05, 0.1) is 18.2 Å². The fourth-order valence-corrected chi connectivity index (χ4v) is 2.05. The van der Waals surface area contributed by atoms with E-state index < -0.39 is 0 Å². The van der Waals surface area contributed by atoms with Crippen LogP contribution in [0.25, 0.3) is 0 Å². The SMILES string of the molecule is COCCN(c1ccc(C#N)c(C)c1)C1CC1. The second-order valence-electron chi connectivity index (χ2n) is 4.53. The summed E-state index contributed by atoms with van der Waals surface area (Å²) < 4.78 is 5.15. The predicted molar refractivity (Wildman–Crippen MR) is 68.1 cm³/mol. The van der Waals surface area contributed by atoms with Crippen molar-refractivity contribution in [3.05, 3.63) is 29.3 Å². The van der Waals surface area contributed by atoms with Crippen LogP contribution in [-0.2, 0) is 4.74 Å². The van der Waals surface area contributed by atoms with Gasteiger partial charge in [-0.1, -0.05) is 0 Å². The number of ether oxygens (including phenoxy) is 1. The van der Waals surface area contributed by atoms with E-state index >= 15 is 0 Å². The van der Waals surface area contributed by atoms with Crippen molar-refractivity contribution in [2.75, 3.05) is 25.2 Å². The highest BCUT2D eigenvalue weighted by molar-refractivity contribution is 5.54. The average molecular weight is 230 g/mol. The molecule has 0 amide bonds. The average Bonchev–Trinajstić information content (AvgIpc) is 3.14. The van der Waals surface area contributed by atoms with Gasteiger partial charge in [-0.3, -0.25) is 0 Å². The van der Waals surface area contributed by atoms with Crippen LogP contribution < -0.4 is 4.90 Å². The minimum atomic E-state index is 0.664. The second-order valence-corrected chi connectivity index (χ2v) is 4.53. The molecule has 0 radical (unpaired) electrons. The molecule has 3 heteroatoms. The predicted octanol–water partition coefficient (Wildman–Crippen LogP) is 2.48. The lowest BCUT2D eigenvalue weighted by atomic mass is 10.1. The maximum absolute atomic E-state index is 8.93. The van der Waals surface area contributed by atoms with Crippen LogP contribution in [0.1, 0.15) is 24.0 Å². The molecule has 0 aromatic heterocycles. The van der Waals surface area contributed by atoms with Crippen molar-refractivity contribution in [1.29, 1.82) is 5.26 Å².